The third kappa shape index (κ3) is 8.41. The van der Waals surface area contributed by atoms with E-state index in [1.807, 2.05) is 14.1 Å². The summed E-state index contributed by atoms with van der Waals surface area (Å²) in [5, 5.41) is 12.4. The predicted octanol–water partition coefficient (Wildman–Crippen LogP) is 4.97. The molecule has 0 heterocycles. The lowest BCUT2D eigenvalue weighted by Crippen LogP contribution is -2.32. The fraction of sp³-hybridized carbons (Fsp3) is 0.840. The van der Waals surface area contributed by atoms with Crippen molar-refractivity contribution in [3.05, 3.63) is 12.2 Å². The van der Waals surface area contributed by atoms with Gasteiger partial charge in [0.15, 0.2) is 0 Å². The Morgan fingerprint density at radius 3 is 2.30 bits per heavy atom. The summed E-state index contributed by atoms with van der Waals surface area (Å²) in [6.45, 7) is 19.6. The molecule has 5 nitrogen and oxygen atoms in total. The number of hydrogen-bond donors (Lipinski definition) is 2. The molecule has 1 aliphatic rings. The zero-order valence-corrected chi connectivity index (χ0v) is 20.7. The summed E-state index contributed by atoms with van der Waals surface area (Å²) >= 11 is 0. The number of nitrogens with zero attached hydrogens (tertiary/aromatic N) is 1. The quantitative estimate of drug-likeness (QED) is 0.325. The lowest BCUT2D eigenvalue weighted by atomic mass is 9.64. The van der Waals surface area contributed by atoms with Crippen LogP contribution in [0, 0.1) is 28.1 Å². The van der Waals surface area contributed by atoms with Gasteiger partial charge < -0.3 is 15.3 Å². The number of nitrogens with one attached hydrogen (secondary N) is 1. The number of aliphatic carboxylic acids is 1. The zero-order valence-electron chi connectivity index (χ0n) is 20.7. The summed E-state index contributed by atoms with van der Waals surface area (Å²) in [6, 6.07) is 0. The van der Waals surface area contributed by atoms with E-state index < -0.39 is 11.9 Å². The van der Waals surface area contributed by atoms with Gasteiger partial charge in [-0.2, -0.15) is 0 Å². The first-order valence-electron chi connectivity index (χ1n) is 11.4. The number of amides is 1. The van der Waals surface area contributed by atoms with Crippen LogP contribution in [-0.2, 0) is 9.59 Å². The van der Waals surface area contributed by atoms with Gasteiger partial charge in [-0.1, -0.05) is 53.7 Å². The third-order valence-corrected chi connectivity index (χ3v) is 7.37. The van der Waals surface area contributed by atoms with Crippen LogP contribution in [0.15, 0.2) is 12.2 Å². The third-order valence-electron chi connectivity index (χ3n) is 7.37. The van der Waals surface area contributed by atoms with Crippen LogP contribution in [0.3, 0.4) is 0 Å². The van der Waals surface area contributed by atoms with Crippen molar-refractivity contribution in [2.45, 2.75) is 80.1 Å². The molecule has 1 rings (SSSR count). The zero-order chi connectivity index (χ0) is 23.3. The van der Waals surface area contributed by atoms with E-state index >= 15 is 0 Å². The molecule has 1 fully saturated rings. The second kappa shape index (κ2) is 10.3. The molecule has 3 atom stereocenters. The number of carboxylic acid groups (broad SMARTS) is 1. The first kappa shape index (κ1) is 26.7. The predicted molar refractivity (Wildman–Crippen MR) is 124 cm³/mol. The normalized spacial score (nSPS) is 22.6. The van der Waals surface area contributed by atoms with Crippen molar-refractivity contribution in [3.8, 4) is 0 Å². The van der Waals surface area contributed by atoms with Crippen LogP contribution in [0.2, 0.25) is 0 Å². The second-order valence-corrected chi connectivity index (χ2v) is 11.8. The maximum atomic E-state index is 12.2. The van der Waals surface area contributed by atoms with Crippen molar-refractivity contribution in [1.82, 2.24) is 10.2 Å². The molecule has 2 N–H and O–H groups in total. The summed E-state index contributed by atoms with van der Waals surface area (Å²) in [6.07, 6.45) is 4.47. The van der Waals surface area contributed by atoms with Gasteiger partial charge in [0.2, 0.25) is 5.91 Å². The molecule has 0 spiro atoms. The lowest BCUT2D eigenvalue weighted by Gasteiger charge is -2.41. The Bertz CT molecular complexity index is 618. The van der Waals surface area contributed by atoms with Crippen molar-refractivity contribution < 1.29 is 14.7 Å². The maximum Gasteiger partial charge on any atom is 0.307 e. The Morgan fingerprint density at radius 2 is 1.80 bits per heavy atom. The van der Waals surface area contributed by atoms with Crippen molar-refractivity contribution in [2.75, 3.05) is 27.2 Å². The van der Waals surface area contributed by atoms with Gasteiger partial charge in [-0.05, 0) is 74.9 Å². The van der Waals surface area contributed by atoms with Gasteiger partial charge in [0.1, 0.15) is 0 Å². The van der Waals surface area contributed by atoms with Gasteiger partial charge in [0.25, 0.3) is 0 Å². The largest absolute Gasteiger partial charge is 0.481 e. The van der Waals surface area contributed by atoms with Crippen LogP contribution in [0.5, 0.6) is 0 Å². The lowest BCUT2D eigenvalue weighted by molar-refractivity contribution is -0.144. The Labute approximate surface area is 184 Å². The summed E-state index contributed by atoms with van der Waals surface area (Å²) in [7, 11) is 3.98. The molecular formula is C25H46N2O3. The molecular weight excluding hydrogens is 376 g/mol. The van der Waals surface area contributed by atoms with Crippen LogP contribution >= 0.6 is 0 Å². The molecule has 0 bridgehead atoms. The van der Waals surface area contributed by atoms with E-state index in [4.69, 9.17) is 0 Å². The van der Waals surface area contributed by atoms with Crippen molar-refractivity contribution in [1.29, 1.82) is 0 Å². The topological polar surface area (TPSA) is 69.6 Å². The average molecular weight is 423 g/mol. The van der Waals surface area contributed by atoms with Gasteiger partial charge in [0.05, 0.1) is 5.92 Å². The first-order valence-corrected chi connectivity index (χ1v) is 11.4. The Kier molecular flexibility index (Phi) is 9.16. The monoisotopic (exact) mass is 422 g/mol. The number of allylic oxidation sites excluding steroid dienone is 1. The summed E-state index contributed by atoms with van der Waals surface area (Å²) in [5.74, 6) is -1.22. The number of carboxylic acids is 1. The molecule has 30 heavy (non-hydrogen) atoms. The van der Waals surface area contributed by atoms with E-state index in [2.05, 4.69) is 58.3 Å². The Balaban J connectivity index is 2.49. The molecule has 0 radical (unpaired) electrons. The summed E-state index contributed by atoms with van der Waals surface area (Å²) < 4.78 is 0. The highest BCUT2D eigenvalue weighted by Crippen LogP contribution is 2.63. The highest BCUT2D eigenvalue weighted by Gasteiger charge is 2.53. The summed E-state index contributed by atoms with van der Waals surface area (Å²) in [4.78, 5) is 25.9. The molecule has 0 aromatic carbocycles. The molecule has 5 heteroatoms. The van der Waals surface area contributed by atoms with Crippen LogP contribution in [0.1, 0.15) is 80.1 Å². The van der Waals surface area contributed by atoms with Crippen LogP contribution in [0.4, 0.5) is 0 Å². The summed E-state index contributed by atoms with van der Waals surface area (Å²) in [5.41, 5.74) is 1.76. The number of carbonyl (C=O) groups is 2. The van der Waals surface area contributed by atoms with Crippen molar-refractivity contribution >= 4 is 11.9 Å². The number of hydrogen-bond acceptors (Lipinski definition) is 3. The van der Waals surface area contributed by atoms with Gasteiger partial charge in [-0.3, -0.25) is 9.59 Å². The van der Waals surface area contributed by atoms with Crippen LogP contribution in [-0.4, -0.2) is 49.1 Å². The first-order chi connectivity index (χ1) is 13.6. The fourth-order valence-electron chi connectivity index (χ4n) is 4.26. The number of rotatable bonds is 13. The van der Waals surface area contributed by atoms with Crippen molar-refractivity contribution in [3.63, 3.8) is 0 Å². The molecule has 1 saturated carbocycles. The number of carbonyl (C=O) groups excluding carboxylic acids is 1. The van der Waals surface area contributed by atoms with E-state index in [0.717, 1.165) is 25.0 Å². The highest BCUT2D eigenvalue weighted by molar-refractivity contribution is 5.82. The Hall–Kier alpha value is -1.36. The van der Waals surface area contributed by atoms with Gasteiger partial charge >= 0.3 is 5.97 Å². The Morgan fingerprint density at radius 1 is 1.20 bits per heavy atom. The molecule has 3 unspecified atom stereocenters. The van der Waals surface area contributed by atoms with E-state index in [1.165, 1.54) is 12.8 Å². The van der Waals surface area contributed by atoms with Crippen molar-refractivity contribution in [2.24, 2.45) is 28.1 Å². The molecule has 0 aromatic heterocycles. The van der Waals surface area contributed by atoms with E-state index in [-0.39, 0.29) is 23.2 Å². The minimum atomic E-state index is -0.910. The van der Waals surface area contributed by atoms with Crippen LogP contribution in [0.25, 0.3) is 0 Å². The molecule has 1 aliphatic carbocycles. The van der Waals surface area contributed by atoms with E-state index in [1.54, 1.807) is 0 Å². The molecule has 0 aromatic rings. The average Bonchev–Trinajstić information content (AvgIpc) is 3.17. The molecule has 174 valence electrons. The van der Waals surface area contributed by atoms with E-state index in [0.29, 0.717) is 24.3 Å². The SMILES string of the molecule is C=C(CC(CC(=O)NCCCN(C)C)C(=O)O)CC1CC1(C)CC(C)(C)C(C)(C)C. The van der Waals surface area contributed by atoms with Gasteiger partial charge in [0, 0.05) is 13.0 Å². The fourth-order valence-corrected chi connectivity index (χ4v) is 4.26. The highest BCUT2D eigenvalue weighted by atomic mass is 16.4. The van der Waals surface area contributed by atoms with Gasteiger partial charge in [-0.15, -0.1) is 0 Å². The minimum Gasteiger partial charge on any atom is -0.481 e. The van der Waals surface area contributed by atoms with Crippen LogP contribution < -0.4 is 5.32 Å². The van der Waals surface area contributed by atoms with Gasteiger partial charge in [-0.25, -0.2) is 0 Å². The smallest absolute Gasteiger partial charge is 0.307 e. The molecule has 1 amide bonds. The molecule has 0 saturated heterocycles. The standard InChI is InChI=1S/C25H46N2O3/c1-18(14-20-16-25(20,7)17-24(5,6)23(2,3)4)13-19(22(29)30)15-21(28)26-11-10-12-27(8)9/h19-20H,1,10-17H2,2-9H3,(H,26,28)(H,29,30). The second-order valence-electron chi connectivity index (χ2n) is 11.8. The maximum absolute atomic E-state index is 12.2. The van der Waals surface area contributed by atoms with E-state index in [9.17, 15) is 14.7 Å². The minimum absolute atomic E-state index is 0.0231. The molecule has 0 aliphatic heterocycles.